The van der Waals surface area contributed by atoms with Crippen molar-refractivity contribution in [1.82, 2.24) is 5.32 Å². The number of nitrogens with one attached hydrogen (secondary N) is 1. The van der Waals surface area contributed by atoms with Gasteiger partial charge in [-0.15, -0.1) is 0 Å². The van der Waals surface area contributed by atoms with Gasteiger partial charge in [-0.25, -0.2) is 4.39 Å². The largest absolute Gasteiger partial charge is 0.494 e. The van der Waals surface area contributed by atoms with E-state index in [2.05, 4.69) is 5.32 Å². The minimum Gasteiger partial charge on any atom is -0.494 e. The van der Waals surface area contributed by atoms with Crippen LogP contribution in [0.3, 0.4) is 0 Å². The molecule has 0 aliphatic heterocycles. The maximum Gasteiger partial charge on any atom is 0.130 e. The van der Waals surface area contributed by atoms with Crippen molar-refractivity contribution in [2.75, 3.05) is 13.7 Å². The summed E-state index contributed by atoms with van der Waals surface area (Å²) >= 11 is 0. The molecule has 0 saturated heterocycles. The number of hydrogen-bond acceptors (Lipinski definition) is 3. The second kappa shape index (κ2) is 6.91. The molecule has 0 heterocycles. The number of benzene rings is 2. The summed E-state index contributed by atoms with van der Waals surface area (Å²) in [5.41, 5.74) is 0.841. The Bertz CT molecular complexity index is 555. The van der Waals surface area contributed by atoms with Gasteiger partial charge in [0, 0.05) is 12.6 Å². The molecule has 0 aromatic heterocycles. The zero-order valence-corrected chi connectivity index (χ0v) is 11.7. The van der Waals surface area contributed by atoms with Crippen LogP contribution in [0.15, 0.2) is 42.5 Å². The van der Waals surface area contributed by atoms with E-state index >= 15 is 0 Å². The highest BCUT2D eigenvalue weighted by atomic mass is 19.1. The molecule has 2 rings (SSSR count). The van der Waals surface area contributed by atoms with E-state index in [1.807, 2.05) is 32.2 Å². The molecule has 4 heteroatoms. The summed E-state index contributed by atoms with van der Waals surface area (Å²) in [4.78, 5) is 0. The average Bonchev–Trinajstić information content (AvgIpc) is 2.41. The number of ether oxygens (including phenoxy) is 2. The van der Waals surface area contributed by atoms with Gasteiger partial charge in [0.25, 0.3) is 0 Å². The minimum absolute atomic E-state index is 0.307. The standard InChI is InChI=1S/C16H18FNO2/c1-3-19-14-4-6-15(7-5-14)20-16-9-12(11-18-2)8-13(17)10-16/h4-10,18H,3,11H2,1-2H3. The number of hydrogen-bond donors (Lipinski definition) is 1. The van der Waals surface area contributed by atoms with Gasteiger partial charge < -0.3 is 14.8 Å². The van der Waals surface area contributed by atoms with Crippen LogP contribution < -0.4 is 14.8 Å². The number of halogens is 1. The van der Waals surface area contributed by atoms with Gasteiger partial charge in [0.2, 0.25) is 0 Å². The Kier molecular flexibility index (Phi) is 4.96. The lowest BCUT2D eigenvalue weighted by atomic mass is 10.2. The fraction of sp³-hybridized carbons (Fsp3) is 0.250. The van der Waals surface area contributed by atoms with Gasteiger partial charge >= 0.3 is 0 Å². The van der Waals surface area contributed by atoms with Crippen LogP contribution in [0.2, 0.25) is 0 Å². The average molecular weight is 275 g/mol. The highest BCUT2D eigenvalue weighted by Crippen LogP contribution is 2.25. The molecule has 0 aliphatic carbocycles. The van der Waals surface area contributed by atoms with Crippen LogP contribution in [0.1, 0.15) is 12.5 Å². The molecule has 0 unspecified atom stereocenters. The summed E-state index contributed by atoms with van der Waals surface area (Å²) in [5, 5.41) is 2.99. The minimum atomic E-state index is -0.307. The van der Waals surface area contributed by atoms with E-state index in [-0.39, 0.29) is 5.82 Å². The summed E-state index contributed by atoms with van der Waals surface area (Å²) in [6, 6.07) is 11.9. The van der Waals surface area contributed by atoms with E-state index in [4.69, 9.17) is 9.47 Å². The van der Waals surface area contributed by atoms with E-state index in [1.165, 1.54) is 12.1 Å². The van der Waals surface area contributed by atoms with Crippen molar-refractivity contribution in [1.29, 1.82) is 0 Å². The van der Waals surface area contributed by atoms with Gasteiger partial charge in [0.1, 0.15) is 23.1 Å². The molecule has 2 aromatic carbocycles. The van der Waals surface area contributed by atoms with E-state index in [9.17, 15) is 4.39 Å². The zero-order valence-electron chi connectivity index (χ0n) is 11.7. The van der Waals surface area contributed by atoms with Crippen LogP contribution in [-0.4, -0.2) is 13.7 Å². The van der Waals surface area contributed by atoms with E-state index in [0.29, 0.717) is 24.7 Å². The Morgan fingerprint density at radius 1 is 1.00 bits per heavy atom. The van der Waals surface area contributed by atoms with E-state index in [1.54, 1.807) is 12.1 Å². The SMILES string of the molecule is CCOc1ccc(Oc2cc(F)cc(CNC)c2)cc1. The molecule has 0 fully saturated rings. The third kappa shape index (κ3) is 3.96. The van der Waals surface area contributed by atoms with Crippen molar-refractivity contribution < 1.29 is 13.9 Å². The molecule has 0 saturated carbocycles. The first kappa shape index (κ1) is 14.3. The lowest BCUT2D eigenvalue weighted by Crippen LogP contribution is -2.05. The van der Waals surface area contributed by atoms with Gasteiger partial charge in [-0.2, -0.15) is 0 Å². The van der Waals surface area contributed by atoms with Gasteiger partial charge in [-0.1, -0.05) is 0 Å². The first-order chi connectivity index (χ1) is 9.71. The molecule has 106 valence electrons. The van der Waals surface area contributed by atoms with Gasteiger partial charge in [0.15, 0.2) is 0 Å². The predicted molar refractivity (Wildman–Crippen MR) is 76.8 cm³/mol. The Labute approximate surface area is 118 Å². The molecule has 3 nitrogen and oxygen atoms in total. The second-order valence-electron chi connectivity index (χ2n) is 4.33. The van der Waals surface area contributed by atoms with Crippen molar-refractivity contribution >= 4 is 0 Å². The van der Waals surface area contributed by atoms with Crippen molar-refractivity contribution in [3.63, 3.8) is 0 Å². The Hall–Kier alpha value is -2.07. The van der Waals surface area contributed by atoms with Crippen LogP contribution in [0, 0.1) is 5.82 Å². The molecule has 0 amide bonds. The van der Waals surface area contributed by atoms with Crippen LogP contribution in [0.5, 0.6) is 17.2 Å². The quantitative estimate of drug-likeness (QED) is 0.871. The van der Waals surface area contributed by atoms with E-state index < -0.39 is 0 Å². The smallest absolute Gasteiger partial charge is 0.130 e. The third-order valence-corrected chi connectivity index (χ3v) is 2.68. The molecule has 0 bridgehead atoms. The molecular weight excluding hydrogens is 257 g/mol. The Balaban J connectivity index is 2.12. The third-order valence-electron chi connectivity index (χ3n) is 2.68. The molecule has 0 atom stereocenters. The second-order valence-corrected chi connectivity index (χ2v) is 4.33. The van der Waals surface area contributed by atoms with Crippen molar-refractivity contribution in [3.05, 3.63) is 53.8 Å². The van der Waals surface area contributed by atoms with Crippen LogP contribution >= 0.6 is 0 Å². The first-order valence-corrected chi connectivity index (χ1v) is 6.56. The maximum atomic E-state index is 13.5. The first-order valence-electron chi connectivity index (χ1n) is 6.56. The Morgan fingerprint density at radius 2 is 1.70 bits per heavy atom. The molecule has 0 aliphatic rings. The van der Waals surface area contributed by atoms with Crippen molar-refractivity contribution in [2.45, 2.75) is 13.5 Å². The van der Waals surface area contributed by atoms with Gasteiger partial charge in [-0.3, -0.25) is 0 Å². The zero-order chi connectivity index (χ0) is 14.4. The summed E-state index contributed by atoms with van der Waals surface area (Å²) in [7, 11) is 1.82. The monoisotopic (exact) mass is 275 g/mol. The summed E-state index contributed by atoms with van der Waals surface area (Å²) < 4.78 is 24.5. The maximum absolute atomic E-state index is 13.5. The number of rotatable bonds is 6. The summed E-state index contributed by atoms with van der Waals surface area (Å²) in [5.74, 6) is 1.61. The molecule has 2 aromatic rings. The van der Waals surface area contributed by atoms with Crippen molar-refractivity contribution in [3.8, 4) is 17.2 Å². The van der Waals surface area contributed by atoms with Crippen LogP contribution in [0.4, 0.5) is 4.39 Å². The van der Waals surface area contributed by atoms with Gasteiger partial charge in [0.05, 0.1) is 6.61 Å². The molecule has 0 radical (unpaired) electrons. The topological polar surface area (TPSA) is 30.5 Å². The lowest BCUT2D eigenvalue weighted by Gasteiger charge is -2.09. The van der Waals surface area contributed by atoms with E-state index in [0.717, 1.165) is 11.3 Å². The predicted octanol–water partition coefficient (Wildman–Crippen LogP) is 3.74. The Morgan fingerprint density at radius 3 is 2.35 bits per heavy atom. The molecule has 20 heavy (non-hydrogen) atoms. The van der Waals surface area contributed by atoms with Gasteiger partial charge in [-0.05, 0) is 55.9 Å². The van der Waals surface area contributed by atoms with Crippen LogP contribution in [0.25, 0.3) is 0 Å². The molecular formula is C16H18FNO2. The highest BCUT2D eigenvalue weighted by Gasteiger charge is 2.03. The summed E-state index contributed by atoms with van der Waals surface area (Å²) in [6.45, 7) is 3.15. The molecule has 1 N–H and O–H groups in total. The van der Waals surface area contributed by atoms with Crippen LogP contribution in [-0.2, 0) is 6.54 Å². The highest BCUT2D eigenvalue weighted by molar-refractivity contribution is 5.37. The summed E-state index contributed by atoms with van der Waals surface area (Å²) in [6.07, 6.45) is 0. The van der Waals surface area contributed by atoms with Crippen molar-refractivity contribution in [2.24, 2.45) is 0 Å². The fourth-order valence-electron chi connectivity index (χ4n) is 1.89. The normalized spacial score (nSPS) is 10.3. The fourth-order valence-corrected chi connectivity index (χ4v) is 1.89. The molecule has 0 spiro atoms. The lowest BCUT2D eigenvalue weighted by molar-refractivity contribution is 0.339.